The molecule has 0 aromatic carbocycles. The number of hydrogen-bond donors (Lipinski definition) is 1. The molecule has 0 bridgehead atoms. The van der Waals surface area contributed by atoms with Crippen LogP contribution < -0.4 is 0 Å². The van der Waals surface area contributed by atoms with E-state index >= 15 is 0 Å². The fourth-order valence-electron chi connectivity index (χ4n) is 2.57. The third-order valence-corrected chi connectivity index (χ3v) is 5.46. The molecule has 0 saturated heterocycles. The number of aryl methyl sites for hydroxylation is 1. The molecule has 5 heteroatoms. The Morgan fingerprint density at radius 3 is 2.85 bits per heavy atom. The third kappa shape index (κ3) is 2.87. The lowest BCUT2D eigenvalue weighted by molar-refractivity contribution is -0.141. The molecule has 1 aliphatic rings. The number of carbonyl (C=O) groups excluding carboxylic acids is 1. The molecule has 0 aliphatic heterocycles. The summed E-state index contributed by atoms with van der Waals surface area (Å²) >= 11 is 1.53. The minimum absolute atomic E-state index is 0.188. The van der Waals surface area contributed by atoms with E-state index in [1.165, 1.54) is 46.4 Å². The van der Waals surface area contributed by atoms with Gasteiger partial charge in [-0.2, -0.15) is 0 Å². The van der Waals surface area contributed by atoms with Crippen LogP contribution in [-0.4, -0.2) is 35.0 Å². The van der Waals surface area contributed by atoms with Gasteiger partial charge in [-0.15, -0.1) is 11.3 Å². The summed E-state index contributed by atoms with van der Waals surface area (Å²) in [5, 5.41) is 8.99. The molecular formula is C15H21NO3S. The van der Waals surface area contributed by atoms with Gasteiger partial charge in [-0.1, -0.05) is 13.3 Å². The summed E-state index contributed by atoms with van der Waals surface area (Å²) in [6.45, 7) is 3.73. The van der Waals surface area contributed by atoms with Crippen molar-refractivity contribution < 1.29 is 14.7 Å². The lowest BCUT2D eigenvalue weighted by atomic mass is 9.87. The van der Waals surface area contributed by atoms with Crippen LogP contribution in [0, 0.1) is 5.92 Å². The summed E-state index contributed by atoms with van der Waals surface area (Å²) in [5.41, 5.74) is 1.29. The molecule has 0 radical (unpaired) electrons. The van der Waals surface area contributed by atoms with Crippen LogP contribution in [0.4, 0.5) is 0 Å². The molecule has 1 amide bonds. The topological polar surface area (TPSA) is 57.6 Å². The van der Waals surface area contributed by atoms with E-state index in [0.717, 1.165) is 18.8 Å². The van der Waals surface area contributed by atoms with Gasteiger partial charge in [-0.25, -0.2) is 4.79 Å². The zero-order chi connectivity index (χ0) is 14.9. The van der Waals surface area contributed by atoms with Crippen LogP contribution in [0.15, 0.2) is 6.07 Å². The van der Waals surface area contributed by atoms with E-state index in [2.05, 4.69) is 6.92 Å². The number of carboxylic acids is 1. The average molecular weight is 295 g/mol. The van der Waals surface area contributed by atoms with Crippen molar-refractivity contribution in [3.05, 3.63) is 21.4 Å². The number of hydrogen-bond acceptors (Lipinski definition) is 3. The molecule has 1 aromatic heterocycles. The van der Waals surface area contributed by atoms with Crippen molar-refractivity contribution in [2.45, 2.75) is 45.6 Å². The predicted octanol–water partition coefficient (Wildman–Crippen LogP) is 2.81. The maximum atomic E-state index is 12.3. The summed E-state index contributed by atoms with van der Waals surface area (Å²) in [7, 11) is 1.55. The average Bonchev–Trinajstić information content (AvgIpc) is 2.87. The Hall–Kier alpha value is -1.36. The Labute approximate surface area is 123 Å². The van der Waals surface area contributed by atoms with Gasteiger partial charge in [0.1, 0.15) is 6.04 Å². The fourth-order valence-corrected chi connectivity index (χ4v) is 3.76. The number of likely N-dealkylation sites (N-methyl/N-ethyl adjacent to an activating group) is 1. The quantitative estimate of drug-likeness (QED) is 0.929. The van der Waals surface area contributed by atoms with Gasteiger partial charge in [0.15, 0.2) is 0 Å². The van der Waals surface area contributed by atoms with Crippen molar-refractivity contribution in [1.29, 1.82) is 0 Å². The third-order valence-electron chi connectivity index (χ3n) is 4.23. The lowest BCUT2D eigenvalue weighted by Crippen LogP contribution is -2.39. The second kappa shape index (κ2) is 5.95. The Morgan fingerprint density at radius 2 is 2.25 bits per heavy atom. The van der Waals surface area contributed by atoms with E-state index in [9.17, 15) is 9.59 Å². The van der Waals surface area contributed by atoms with Gasteiger partial charge in [-0.3, -0.25) is 4.79 Å². The summed E-state index contributed by atoms with van der Waals surface area (Å²) in [6.07, 6.45) is 4.46. The number of nitrogens with zero attached hydrogens (tertiary/aromatic N) is 1. The Balaban J connectivity index is 2.16. The summed E-state index contributed by atoms with van der Waals surface area (Å²) in [5.74, 6) is -0.448. The Bertz CT molecular complexity index is 523. The van der Waals surface area contributed by atoms with Crippen molar-refractivity contribution in [3.8, 4) is 0 Å². The molecule has 1 N–H and O–H groups in total. The van der Waals surface area contributed by atoms with Crippen molar-refractivity contribution in [1.82, 2.24) is 4.90 Å². The molecule has 2 atom stereocenters. The number of rotatable bonds is 4. The molecular weight excluding hydrogens is 274 g/mol. The molecule has 2 unspecified atom stereocenters. The highest BCUT2D eigenvalue weighted by Crippen LogP contribution is 2.34. The van der Waals surface area contributed by atoms with E-state index in [1.54, 1.807) is 7.05 Å². The molecule has 0 saturated carbocycles. The largest absolute Gasteiger partial charge is 0.480 e. The number of carboxylic acid groups (broad SMARTS) is 1. The van der Waals surface area contributed by atoms with E-state index in [4.69, 9.17) is 5.11 Å². The monoisotopic (exact) mass is 295 g/mol. The van der Waals surface area contributed by atoms with E-state index < -0.39 is 12.0 Å². The van der Waals surface area contributed by atoms with E-state index in [0.29, 0.717) is 4.88 Å². The normalized spacial score (nSPS) is 19.2. The van der Waals surface area contributed by atoms with Crippen LogP contribution in [0.25, 0.3) is 0 Å². The number of carbonyl (C=O) groups is 2. The van der Waals surface area contributed by atoms with Crippen LogP contribution in [0.5, 0.6) is 0 Å². The highest BCUT2D eigenvalue weighted by atomic mass is 32.1. The molecule has 2 rings (SSSR count). The smallest absolute Gasteiger partial charge is 0.326 e. The Kier molecular flexibility index (Phi) is 4.48. The first-order chi connectivity index (χ1) is 9.43. The maximum absolute atomic E-state index is 12.3. The van der Waals surface area contributed by atoms with Crippen molar-refractivity contribution in [3.63, 3.8) is 0 Å². The first-order valence-corrected chi connectivity index (χ1v) is 7.87. The molecule has 0 spiro atoms. The summed E-state index contributed by atoms with van der Waals surface area (Å²) < 4.78 is 0. The van der Waals surface area contributed by atoms with Gasteiger partial charge in [0.25, 0.3) is 5.91 Å². The van der Waals surface area contributed by atoms with Gasteiger partial charge in [0, 0.05) is 11.9 Å². The van der Waals surface area contributed by atoms with Gasteiger partial charge in [-0.05, 0) is 43.7 Å². The predicted molar refractivity (Wildman–Crippen MR) is 79.3 cm³/mol. The van der Waals surface area contributed by atoms with E-state index in [1.807, 2.05) is 6.07 Å². The molecule has 110 valence electrons. The number of amides is 1. The zero-order valence-electron chi connectivity index (χ0n) is 12.2. The summed E-state index contributed by atoms with van der Waals surface area (Å²) in [4.78, 5) is 26.6. The van der Waals surface area contributed by atoms with Crippen molar-refractivity contribution >= 4 is 23.2 Å². The number of aliphatic carboxylic acids is 1. The fraction of sp³-hybridized carbons (Fsp3) is 0.600. The van der Waals surface area contributed by atoms with Crippen LogP contribution in [0.3, 0.4) is 0 Å². The lowest BCUT2D eigenvalue weighted by Gasteiger charge is -2.20. The van der Waals surface area contributed by atoms with Crippen LogP contribution in [-0.2, 0) is 17.6 Å². The standard InChI is InChI=1S/C15H21NO3S/c1-4-10-5-6-12-11(7-10)8-13(20-12)14(17)16(3)9(2)15(18)19/h8-10H,4-7H2,1-3H3,(H,18,19). The molecule has 1 aliphatic carbocycles. The number of thiophene rings is 1. The SMILES string of the molecule is CCC1CCc2sc(C(=O)N(C)C(C)C(=O)O)cc2C1. The van der Waals surface area contributed by atoms with Crippen LogP contribution in [0.2, 0.25) is 0 Å². The minimum Gasteiger partial charge on any atom is -0.480 e. The van der Waals surface area contributed by atoms with Crippen molar-refractivity contribution in [2.75, 3.05) is 7.05 Å². The second-order valence-corrected chi connectivity index (χ2v) is 6.64. The molecule has 1 heterocycles. The minimum atomic E-state index is -0.979. The van der Waals surface area contributed by atoms with Crippen LogP contribution in [0.1, 0.15) is 46.8 Å². The first kappa shape index (κ1) is 15.0. The Morgan fingerprint density at radius 1 is 1.55 bits per heavy atom. The van der Waals surface area contributed by atoms with E-state index in [-0.39, 0.29) is 5.91 Å². The highest BCUT2D eigenvalue weighted by Gasteiger charge is 2.27. The summed E-state index contributed by atoms with van der Waals surface area (Å²) in [6, 6.07) is 1.17. The first-order valence-electron chi connectivity index (χ1n) is 7.05. The molecule has 20 heavy (non-hydrogen) atoms. The van der Waals surface area contributed by atoms with Gasteiger partial charge in [0.2, 0.25) is 0 Å². The van der Waals surface area contributed by atoms with Gasteiger partial charge >= 0.3 is 5.97 Å². The highest BCUT2D eigenvalue weighted by molar-refractivity contribution is 7.14. The molecule has 4 nitrogen and oxygen atoms in total. The van der Waals surface area contributed by atoms with Gasteiger partial charge < -0.3 is 10.0 Å². The molecule has 1 aromatic rings. The van der Waals surface area contributed by atoms with Crippen LogP contribution >= 0.6 is 11.3 Å². The maximum Gasteiger partial charge on any atom is 0.326 e. The molecule has 0 fully saturated rings. The number of fused-ring (bicyclic) bond motifs is 1. The second-order valence-electron chi connectivity index (χ2n) is 5.51. The zero-order valence-corrected chi connectivity index (χ0v) is 13.0. The van der Waals surface area contributed by atoms with Crippen molar-refractivity contribution in [2.24, 2.45) is 5.92 Å². The van der Waals surface area contributed by atoms with Gasteiger partial charge in [0.05, 0.1) is 4.88 Å².